The summed E-state index contributed by atoms with van der Waals surface area (Å²) in [6.45, 7) is 2.22. The van der Waals surface area contributed by atoms with Gasteiger partial charge in [-0.1, -0.05) is 42.5 Å². The molecule has 0 aromatic heterocycles. The number of rotatable bonds is 4. The molecule has 2 N–H and O–H groups in total. The Hall–Kier alpha value is -1.55. The van der Waals surface area contributed by atoms with E-state index in [2.05, 4.69) is 29.6 Å². The lowest BCUT2D eigenvalue weighted by Crippen LogP contribution is -2.39. The quantitative estimate of drug-likeness (QED) is 0.909. The Morgan fingerprint density at radius 3 is 2.45 bits per heavy atom. The topological polar surface area (TPSA) is 41.5 Å². The van der Waals surface area contributed by atoms with Crippen LogP contribution in [-0.4, -0.2) is 24.3 Å². The van der Waals surface area contributed by atoms with Crippen LogP contribution in [0.5, 0.6) is 5.75 Å². The molecule has 22 heavy (non-hydrogen) atoms. The highest BCUT2D eigenvalue weighted by molar-refractivity contribution is 5.85. The van der Waals surface area contributed by atoms with Crippen molar-refractivity contribution in [1.29, 1.82) is 0 Å². The van der Waals surface area contributed by atoms with Crippen LogP contribution in [0.25, 0.3) is 0 Å². The van der Waals surface area contributed by atoms with E-state index in [0.29, 0.717) is 13.2 Å². The normalized spacial score (nSPS) is 21.0. The lowest BCUT2D eigenvalue weighted by atomic mass is 9.88. The second kappa shape index (κ2) is 8.18. The summed E-state index contributed by atoms with van der Waals surface area (Å²) in [7, 11) is 0. The monoisotopic (exact) mass is 319 g/mol. The minimum atomic E-state index is -0.296. The third-order valence-electron chi connectivity index (χ3n) is 4.01. The van der Waals surface area contributed by atoms with E-state index in [1.54, 1.807) is 0 Å². The standard InChI is InChI=1S/C18H21NO2.ClH/c20-18-12-19-11-10-17(18)15-6-8-16(9-7-15)21-13-14-4-2-1-3-5-14;/h1-9,17-20H,10-13H2;1H. The highest BCUT2D eigenvalue weighted by Crippen LogP contribution is 2.27. The van der Waals surface area contributed by atoms with Crippen molar-refractivity contribution in [2.75, 3.05) is 13.1 Å². The van der Waals surface area contributed by atoms with Gasteiger partial charge in [-0.05, 0) is 36.2 Å². The molecule has 0 bridgehead atoms. The first-order valence-corrected chi connectivity index (χ1v) is 7.48. The minimum Gasteiger partial charge on any atom is -0.489 e. The van der Waals surface area contributed by atoms with Gasteiger partial charge < -0.3 is 15.2 Å². The third-order valence-corrected chi connectivity index (χ3v) is 4.01. The Bertz CT molecular complexity index is 559. The fraction of sp³-hybridized carbons (Fsp3) is 0.333. The lowest BCUT2D eigenvalue weighted by Gasteiger charge is -2.28. The zero-order valence-electron chi connectivity index (χ0n) is 12.4. The van der Waals surface area contributed by atoms with E-state index in [1.807, 2.05) is 30.3 Å². The number of hydrogen-bond donors (Lipinski definition) is 2. The molecule has 1 fully saturated rings. The smallest absolute Gasteiger partial charge is 0.119 e. The highest BCUT2D eigenvalue weighted by atomic mass is 35.5. The Balaban J connectivity index is 0.00000176. The van der Waals surface area contributed by atoms with E-state index in [4.69, 9.17) is 4.74 Å². The second-order valence-electron chi connectivity index (χ2n) is 5.51. The SMILES string of the molecule is Cl.OC1CNCCC1c1ccc(OCc2ccccc2)cc1. The Kier molecular flexibility index (Phi) is 6.25. The molecule has 0 saturated carbocycles. The van der Waals surface area contributed by atoms with Gasteiger partial charge >= 0.3 is 0 Å². The van der Waals surface area contributed by atoms with Crippen molar-refractivity contribution < 1.29 is 9.84 Å². The van der Waals surface area contributed by atoms with Crippen LogP contribution >= 0.6 is 12.4 Å². The number of nitrogens with one attached hydrogen (secondary N) is 1. The van der Waals surface area contributed by atoms with Crippen molar-refractivity contribution in [3.05, 3.63) is 65.7 Å². The summed E-state index contributed by atoms with van der Waals surface area (Å²) in [5.74, 6) is 1.10. The maximum atomic E-state index is 10.0. The molecule has 2 unspecified atom stereocenters. The molecule has 1 aliphatic heterocycles. The van der Waals surface area contributed by atoms with Gasteiger partial charge in [-0.25, -0.2) is 0 Å². The molecule has 3 rings (SSSR count). The molecule has 2 aromatic carbocycles. The molecule has 2 aromatic rings. The van der Waals surface area contributed by atoms with Gasteiger partial charge in [0.2, 0.25) is 0 Å². The van der Waals surface area contributed by atoms with Gasteiger partial charge in [0, 0.05) is 12.5 Å². The molecular formula is C18H22ClNO2. The number of ether oxygens (including phenoxy) is 1. The number of benzene rings is 2. The van der Waals surface area contributed by atoms with Gasteiger partial charge in [0.15, 0.2) is 0 Å². The fourth-order valence-electron chi connectivity index (χ4n) is 2.78. The van der Waals surface area contributed by atoms with Crippen LogP contribution in [0.3, 0.4) is 0 Å². The molecule has 1 heterocycles. The van der Waals surface area contributed by atoms with Crippen LogP contribution in [-0.2, 0) is 6.61 Å². The largest absolute Gasteiger partial charge is 0.489 e. The third kappa shape index (κ3) is 4.23. The van der Waals surface area contributed by atoms with Gasteiger partial charge in [0.1, 0.15) is 12.4 Å². The first-order valence-electron chi connectivity index (χ1n) is 7.48. The molecule has 2 atom stereocenters. The van der Waals surface area contributed by atoms with Crippen molar-refractivity contribution in [2.24, 2.45) is 0 Å². The first-order chi connectivity index (χ1) is 10.3. The minimum absolute atomic E-state index is 0. The fourth-order valence-corrected chi connectivity index (χ4v) is 2.78. The molecule has 118 valence electrons. The summed E-state index contributed by atoms with van der Waals surface area (Å²) in [5, 5.41) is 13.3. The van der Waals surface area contributed by atoms with E-state index < -0.39 is 0 Å². The van der Waals surface area contributed by atoms with Crippen LogP contribution in [0.15, 0.2) is 54.6 Å². The Morgan fingerprint density at radius 1 is 1.05 bits per heavy atom. The van der Waals surface area contributed by atoms with Crippen molar-refractivity contribution >= 4 is 12.4 Å². The average molecular weight is 320 g/mol. The van der Waals surface area contributed by atoms with E-state index in [-0.39, 0.29) is 24.4 Å². The van der Waals surface area contributed by atoms with E-state index in [9.17, 15) is 5.11 Å². The van der Waals surface area contributed by atoms with Crippen LogP contribution in [0, 0.1) is 0 Å². The summed E-state index contributed by atoms with van der Waals surface area (Å²) in [6, 6.07) is 18.3. The number of piperidine rings is 1. The average Bonchev–Trinajstić information content (AvgIpc) is 2.55. The van der Waals surface area contributed by atoms with Gasteiger partial charge in [0.05, 0.1) is 6.10 Å². The number of halogens is 1. The molecule has 1 saturated heterocycles. The predicted octanol–water partition coefficient (Wildman–Crippen LogP) is 3.13. The maximum absolute atomic E-state index is 10.0. The molecule has 1 aliphatic rings. The summed E-state index contributed by atoms with van der Waals surface area (Å²) < 4.78 is 5.79. The van der Waals surface area contributed by atoms with Crippen LogP contribution in [0.1, 0.15) is 23.5 Å². The number of hydrogen-bond acceptors (Lipinski definition) is 3. The van der Waals surface area contributed by atoms with Crippen LogP contribution in [0.4, 0.5) is 0 Å². The Labute approximate surface area is 137 Å². The Morgan fingerprint density at radius 2 is 1.77 bits per heavy atom. The molecule has 0 aliphatic carbocycles. The number of aliphatic hydroxyl groups excluding tert-OH is 1. The van der Waals surface area contributed by atoms with E-state index >= 15 is 0 Å². The van der Waals surface area contributed by atoms with Crippen molar-refractivity contribution in [2.45, 2.75) is 25.0 Å². The van der Waals surface area contributed by atoms with E-state index in [1.165, 1.54) is 5.56 Å². The molecule has 0 spiro atoms. The summed E-state index contributed by atoms with van der Waals surface area (Å²) in [6.07, 6.45) is 0.681. The number of aliphatic hydroxyl groups is 1. The molecular weight excluding hydrogens is 298 g/mol. The lowest BCUT2D eigenvalue weighted by molar-refractivity contribution is 0.118. The zero-order chi connectivity index (χ0) is 14.5. The van der Waals surface area contributed by atoms with Crippen molar-refractivity contribution in [3.63, 3.8) is 0 Å². The van der Waals surface area contributed by atoms with E-state index in [0.717, 1.165) is 24.3 Å². The van der Waals surface area contributed by atoms with Crippen LogP contribution < -0.4 is 10.1 Å². The van der Waals surface area contributed by atoms with Crippen LogP contribution in [0.2, 0.25) is 0 Å². The highest BCUT2D eigenvalue weighted by Gasteiger charge is 2.24. The molecule has 4 heteroatoms. The maximum Gasteiger partial charge on any atom is 0.119 e. The zero-order valence-corrected chi connectivity index (χ0v) is 13.3. The van der Waals surface area contributed by atoms with Gasteiger partial charge in [-0.3, -0.25) is 0 Å². The van der Waals surface area contributed by atoms with Gasteiger partial charge in [-0.2, -0.15) is 0 Å². The molecule has 3 nitrogen and oxygen atoms in total. The summed E-state index contributed by atoms with van der Waals surface area (Å²) in [4.78, 5) is 0. The van der Waals surface area contributed by atoms with Crippen molar-refractivity contribution in [1.82, 2.24) is 5.32 Å². The predicted molar refractivity (Wildman–Crippen MR) is 90.7 cm³/mol. The summed E-state index contributed by atoms with van der Waals surface area (Å²) >= 11 is 0. The second-order valence-corrected chi connectivity index (χ2v) is 5.51. The number of β-amino-alcohol motifs (C(OH)–C–C–N with tert-alkyl or cyclic N) is 1. The molecule has 0 amide bonds. The summed E-state index contributed by atoms with van der Waals surface area (Å²) in [5.41, 5.74) is 2.35. The van der Waals surface area contributed by atoms with Gasteiger partial charge in [0.25, 0.3) is 0 Å². The first kappa shape index (κ1) is 16.8. The van der Waals surface area contributed by atoms with Crippen molar-refractivity contribution in [3.8, 4) is 5.75 Å². The van der Waals surface area contributed by atoms with Gasteiger partial charge in [-0.15, -0.1) is 12.4 Å². The molecule has 0 radical (unpaired) electrons.